The van der Waals surface area contributed by atoms with Crippen molar-refractivity contribution in [1.29, 1.82) is 0 Å². The van der Waals surface area contributed by atoms with E-state index in [1.165, 1.54) is 5.56 Å². The average Bonchev–Trinajstić information content (AvgIpc) is 2.18. The summed E-state index contributed by atoms with van der Waals surface area (Å²) in [6, 6.07) is 10.1. The summed E-state index contributed by atoms with van der Waals surface area (Å²) in [5, 5.41) is 0. The van der Waals surface area contributed by atoms with E-state index in [4.69, 9.17) is 0 Å². The third-order valence-electron chi connectivity index (χ3n) is 2.44. The Hall–Kier alpha value is -1.37. The zero-order valence-corrected chi connectivity index (χ0v) is 9.49. The Bertz CT molecular complexity index is 340. The van der Waals surface area contributed by atoms with Gasteiger partial charge in [-0.2, -0.15) is 0 Å². The minimum absolute atomic E-state index is 0.312. The molecular formula is C14H18O. The van der Waals surface area contributed by atoms with Gasteiger partial charge in [0, 0.05) is 5.41 Å². The van der Waals surface area contributed by atoms with E-state index in [2.05, 4.69) is 18.7 Å². The number of benzene rings is 1. The van der Waals surface area contributed by atoms with Crippen LogP contribution >= 0.6 is 0 Å². The van der Waals surface area contributed by atoms with Crippen molar-refractivity contribution >= 4 is 6.29 Å². The molecule has 0 N–H and O–H groups in total. The van der Waals surface area contributed by atoms with E-state index in [1.807, 2.05) is 32.0 Å². The summed E-state index contributed by atoms with van der Waals surface area (Å²) in [6.45, 7) is 7.82. The molecule has 1 rings (SSSR count). The molecule has 0 saturated heterocycles. The molecule has 0 heterocycles. The van der Waals surface area contributed by atoms with Gasteiger partial charge in [0.25, 0.3) is 0 Å². The predicted molar refractivity (Wildman–Crippen MR) is 63.7 cm³/mol. The zero-order chi connectivity index (χ0) is 11.3. The van der Waals surface area contributed by atoms with Crippen LogP contribution in [0.4, 0.5) is 0 Å². The van der Waals surface area contributed by atoms with E-state index < -0.39 is 0 Å². The van der Waals surface area contributed by atoms with E-state index in [0.29, 0.717) is 0 Å². The molecule has 0 spiro atoms. The first-order chi connectivity index (χ1) is 7.06. The Labute approximate surface area is 91.8 Å². The minimum Gasteiger partial charge on any atom is -0.303 e. The van der Waals surface area contributed by atoms with Gasteiger partial charge in [0.05, 0.1) is 0 Å². The van der Waals surface area contributed by atoms with Gasteiger partial charge in [0.2, 0.25) is 0 Å². The molecule has 1 unspecified atom stereocenters. The molecule has 1 aromatic rings. The monoisotopic (exact) mass is 202 g/mol. The van der Waals surface area contributed by atoms with Crippen molar-refractivity contribution in [2.75, 3.05) is 0 Å². The molecule has 1 atom stereocenters. The molecule has 1 aromatic carbocycles. The van der Waals surface area contributed by atoms with Crippen molar-refractivity contribution < 1.29 is 4.79 Å². The van der Waals surface area contributed by atoms with Crippen LogP contribution in [0.1, 0.15) is 25.8 Å². The van der Waals surface area contributed by atoms with Crippen LogP contribution in [0.25, 0.3) is 0 Å². The molecule has 0 radical (unpaired) electrons. The number of rotatable bonds is 5. The summed E-state index contributed by atoms with van der Waals surface area (Å²) in [5.41, 5.74) is 1.95. The number of hydrogen-bond donors (Lipinski definition) is 0. The summed E-state index contributed by atoms with van der Waals surface area (Å²) < 4.78 is 0. The molecule has 0 aliphatic carbocycles. The highest BCUT2D eigenvalue weighted by Crippen LogP contribution is 2.27. The highest BCUT2D eigenvalue weighted by molar-refractivity contribution is 5.60. The van der Waals surface area contributed by atoms with Crippen LogP contribution in [0.15, 0.2) is 42.5 Å². The van der Waals surface area contributed by atoms with Crippen LogP contribution in [0.3, 0.4) is 0 Å². The summed E-state index contributed by atoms with van der Waals surface area (Å²) in [7, 11) is 0. The van der Waals surface area contributed by atoms with E-state index in [9.17, 15) is 4.79 Å². The number of hydrogen-bond acceptors (Lipinski definition) is 1. The van der Waals surface area contributed by atoms with Crippen LogP contribution in [0.5, 0.6) is 0 Å². The minimum atomic E-state index is -0.312. The lowest BCUT2D eigenvalue weighted by Crippen LogP contribution is -2.21. The van der Waals surface area contributed by atoms with E-state index in [1.54, 1.807) is 0 Å². The smallest absolute Gasteiger partial charge is 0.126 e. The van der Waals surface area contributed by atoms with Crippen LogP contribution in [-0.4, -0.2) is 6.29 Å². The largest absolute Gasteiger partial charge is 0.303 e. The third kappa shape index (κ3) is 3.70. The Kier molecular flexibility index (Phi) is 3.84. The maximum Gasteiger partial charge on any atom is 0.126 e. The van der Waals surface area contributed by atoms with Gasteiger partial charge in [0.1, 0.15) is 6.29 Å². The van der Waals surface area contributed by atoms with Gasteiger partial charge in [-0.1, -0.05) is 42.8 Å². The van der Waals surface area contributed by atoms with Crippen LogP contribution in [0, 0.1) is 5.41 Å². The molecule has 0 aliphatic rings. The van der Waals surface area contributed by atoms with Crippen LogP contribution < -0.4 is 0 Å². The molecule has 15 heavy (non-hydrogen) atoms. The Morgan fingerprint density at radius 2 is 2.00 bits per heavy atom. The first-order valence-corrected chi connectivity index (χ1v) is 5.20. The molecular weight excluding hydrogens is 184 g/mol. The molecule has 0 aliphatic heterocycles. The van der Waals surface area contributed by atoms with Gasteiger partial charge in [-0.3, -0.25) is 0 Å². The van der Waals surface area contributed by atoms with Crippen LogP contribution in [-0.2, 0) is 11.2 Å². The van der Waals surface area contributed by atoms with Crippen molar-refractivity contribution in [3.05, 3.63) is 48.0 Å². The molecule has 1 heteroatoms. The lowest BCUT2D eigenvalue weighted by molar-refractivity contribution is -0.115. The Balaban J connectivity index is 2.76. The molecule has 80 valence electrons. The van der Waals surface area contributed by atoms with Gasteiger partial charge in [0.15, 0.2) is 0 Å². The van der Waals surface area contributed by atoms with Gasteiger partial charge in [-0.25, -0.2) is 0 Å². The van der Waals surface area contributed by atoms with Gasteiger partial charge in [-0.05, 0) is 25.3 Å². The first-order valence-electron chi connectivity index (χ1n) is 5.20. The normalized spacial score (nSPS) is 14.3. The molecule has 0 fully saturated rings. The van der Waals surface area contributed by atoms with E-state index in [-0.39, 0.29) is 5.41 Å². The number of aldehydes is 1. The van der Waals surface area contributed by atoms with Gasteiger partial charge in [-0.15, -0.1) is 6.58 Å². The lowest BCUT2D eigenvalue weighted by atomic mass is 9.80. The lowest BCUT2D eigenvalue weighted by Gasteiger charge is -2.23. The predicted octanol–water partition coefficient (Wildman–Crippen LogP) is 3.40. The number of carbonyl (C=O) groups excluding carboxylic acids is 1. The van der Waals surface area contributed by atoms with Crippen molar-refractivity contribution in [2.24, 2.45) is 5.41 Å². The topological polar surface area (TPSA) is 17.1 Å². The maximum atomic E-state index is 11.1. The molecule has 1 nitrogen and oxygen atoms in total. The Morgan fingerprint density at radius 3 is 2.47 bits per heavy atom. The Morgan fingerprint density at radius 1 is 1.40 bits per heavy atom. The molecule has 0 bridgehead atoms. The van der Waals surface area contributed by atoms with Crippen molar-refractivity contribution in [3.63, 3.8) is 0 Å². The summed E-state index contributed by atoms with van der Waals surface area (Å²) in [5.74, 6) is 0. The second-order valence-corrected chi connectivity index (χ2v) is 4.57. The molecule has 0 amide bonds. The fourth-order valence-electron chi connectivity index (χ4n) is 1.90. The van der Waals surface area contributed by atoms with Crippen LogP contribution in [0.2, 0.25) is 0 Å². The summed E-state index contributed by atoms with van der Waals surface area (Å²) >= 11 is 0. The summed E-state index contributed by atoms with van der Waals surface area (Å²) in [4.78, 5) is 11.1. The molecule has 0 saturated carbocycles. The second kappa shape index (κ2) is 4.92. The fraction of sp³-hybridized carbons (Fsp3) is 0.357. The zero-order valence-electron chi connectivity index (χ0n) is 9.49. The fourth-order valence-corrected chi connectivity index (χ4v) is 1.90. The third-order valence-corrected chi connectivity index (χ3v) is 2.44. The SMILES string of the molecule is C=C(C)CC(C)(C=O)Cc1ccccc1. The average molecular weight is 202 g/mol. The maximum absolute atomic E-state index is 11.1. The van der Waals surface area contributed by atoms with E-state index >= 15 is 0 Å². The van der Waals surface area contributed by atoms with Crippen molar-refractivity contribution in [3.8, 4) is 0 Å². The quantitative estimate of drug-likeness (QED) is 0.528. The van der Waals surface area contributed by atoms with E-state index in [0.717, 1.165) is 24.7 Å². The first kappa shape index (κ1) is 11.7. The van der Waals surface area contributed by atoms with Gasteiger partial charge < -0.3 is 4.79 Å². The summed E-state index contributed by atoms with van der Waals surface area (Å²) in [6.07, 6.45) is 2.59. The number of allylic oxidation sites excluding steroid dienone is 1. The highest BCUT2D eigenvalue weighted by Gasteiger charge is 2.23. The van der Waals surface area contributed by atoms with Crippen molar-refractivity contribution in [1.82, 2.24) is 0 Å². The molecule has 0 aromatic heterocycles. The highest BCUT2D eigenvalue weighted by atomic mass is 16.1. The van der Waals surface area contributed by atoms with Gasteiger partial charge >= 0.3 is 0 Å². The second-order valence-electron chi connectivity index (χ2n) is 4.57. The number of carbonyl (C=O) groups is 1. The standard InChI is InChI=1S/C14H18O/c1-12(2)9-14(3,11-15)10-13-7-5-4-6-8-13/h4-8,11H,1,9-10H2,2-3H3. The van der Waals surface area contributed by atoms with Crippen molar-refractivity contribution in [2.45, 2.75) is 26.7 Å².